The molecule has 0 spiro atoms. The summed E-state index contributed by atoms with van der Waals surface area (Å²) >= 11 is 0. The van der Waals surface area contributed by atoms with Gasteiger partial charge in [-0.2, -0.15) is 0 Å². The maximum atomic E-state index is 11.7. The van der Waals surface area contributed by atoms with Crippen molar-refractivity contribution in [3.05, 3.63) is 0 Å². The third-order valence-electron chi connectivity index (χ3n) is 3.43. The first-order chi connectivity index (χ1) is 9.87. The minimum atomic E-state index is -0.472. The van der Waals surface area contributed by atoms with Crippen molar-refractivity contribution in [2.45, 2.75) is 96.6 Å². The van der Waals surface area contributed by atoms with Gasteiger partial charge in [-0.05, 0) is 40.2 Å². The van der Waals surface area contributed by atoms with Gasteiger partial charge in [0.15, 0.2) is 0 Å². The number of nitrogens with two attached hydrogens (primary N) is 2. The van der Waals surface area contributed by atoms with Crippen LogP contribution in [0.3, 0.4) is 0 Å². The molecule has 0 aliphatic heterocycles. The van der Waals surface area contributed by atoms with Crippen LogP contribution in [0.2, 0.25) is 0 Å². The van der Waals surface area contributed by atoms with Crippen LogP contribution in [0, 0.1) is 0 Å². The lowest BCUT2D eigenvalue weighted by Gasteiger charge is -2.22. The molecule has 4 nitrogen and oxygen atoms in total. The van der Waals surface area contributed by atoms with Crippen molar-refractivity contribution < 1.29 is 9.53 Å². The summed E-state index contributed by atoms with van der Waals surface area (Å²) in [7, 11) is 0. The Morgan fingerprint density at radius 3 is 1.76 bits per heavy atom. The van der Waals surface area contributed by atoms with Crippen molar-refractivity contribution in [2.75, 3.05) is 6.54 Å². The number of rotatable bonds is 12. The molecule has 0 aromatic rings. The van der Waals surface area contributed by atoms with E-state index in [2.05, 4.69) is 0 Å². The van der Waals surface area contributed by atoms with Crippen LogP contribution >= 0.6 is 0 Å². The third-order valence-corrected chi connectivity index (χ3v) is 3.43. The predicted octanol–water partition coefficient (Wildman–Crippen LogP) is 3.52. The van der Waals surface area contributed by atoms with E-state index in [1.165, 1.54) is 38.5 Å². The highest BCUT2D eigenvalue weighted by molar-refractivity contribution is 5.75. The number of hydrogen-bond acceptors (Lipinski definition) is 4. The fourth-order valence-corrected chi connectivity index (χ4v) is 2.24. The van der Waals surface area contributed by atoms with Gasteiger partial charge < -0.3 is 16.2 Å². The first-order valence-electron chi connectivity index (χ1n) is 8.55. The van der Waals surface area contributed by atoms with Gasteiger partial charge in [0.05, 0.1) is 0 Å². The summed E-state index contributed by atoms with van der Waals surface area (Å²) in [6.45, 7) is 6.42. The molecule has 0 aliphatic rings. The second-order valence-corrected chi connectivity index (χ2v) is 6.90. The molecule has 0 bridgehead atoms. The Hall–Kier alpha value is -0.610. The zero-order valence-electron chi connectivity index (χ0n) is 14.3. The molecular formula is C17H36N2O2. The molecule has 4 N–H and O–H groups in total. The highest BCUT2D eigenvalue weighted by Gasteiger charge is 2.21. The largest absolute Gasteiger partial charge is 0.459 e. The van der Waals surface area contributed by atoms with Crippen LogP contribution < -0.4 is 11.5 Å². The molecule has 21 heavy (non-hydrogen) atoms. The smallest absolute Gasteiger partial charge is 0.323 e. The maximum Gasteiger partial charge on any atom is 0.323 e. The molecule has 0 radical (unpaired) electrons. The van der Waals surface area contributed by atoms with Crippen molar-refractivity contribution in [3.8, 4) is 0 Å². The first-order valence-corrected chi connectivity index (χ1v) is 8.55. The van der Waals surface area contributed by atoms with Crippen molar-refractivity contribution in [1.82, 2.24) is 0 Å². The number of unbranched alkanes of at least 4 members (excludes halogenated alkanes) is 8. The molecule has 0 saturated heterocycles. The van der Waals surface area contributed by atoms with Gasteiger partial charge in [0, 0.05) is 0 Å². The molecule has 126 valence electrons. The number of hydrogen-bond donors (Lipinski definition) is 2. The molecule has 0 saturated carbocycles. The summed E-state index contributed by atoms with van der Waals surface area (Å²) in [5, 5.41) is 0. The van der Waals surface area contributed by atoms with Gasteiger partial charge in [0.1, 0.15) is 11.6 Å². The van der Waals surface area contributed by atoms with E-state index < -0.39 is 11.6 Å². The van der Waals surface area contributed by atoms with Crippen LogP contribution in [-0.2, 0) is 9.53 Å². The second kappa shape index (κ2) is 12.0. The zero-order valence-corrected chi connectivity index (χ0v) is 14.3. The highest BCUT2D eigenvalue weighted by atomic mass is 16.6. The Morgan fingerprint density at radius 1 is 0.905 bits per heavy atom. The van der Waals surface area contributed by atoms with Crippen LogP contribution in [0.15, 0.2) is 0 Å². The van der Waals surface area contributed by atoms with Gasteiger partial charge in [-0.1, -0.05) is 51.4 Å². The zero-order chi connectivity index (χ0) is 16.1. The van der Waals surface area contributed by atoms with Gasteiger partial charge in [0.2, 0.25) is 0 Å². The highest BCUT2D eigenvalue weighted by Crippen LogP contribution is 2.13. The summed E-state index contributed by atoms with van der Waals surface area (Å²) in [5.41, 5.74) is 10.9. The molecule has 0 fully saturated rings. The molecule has 0 rings (SSSR count). The first kappa shape index (κ1) is 20.4. The Morgan fingerprint density at radius 2 is 1.33 bits per heavy atom. The van der Waals surface area contributed by atoms with E-state index in [0.29, 0.717) is 0 Å². The molecule has 4 heteroatoms. The summed E-state index contributed by atoms with van der Waals surface area (Å²) in [4.78, 5) is 11.7. The minimum absolute atomic E-state index is 0.276. The number of ether oxygens (including phenoxy) is 1. The van der Waals surface area contributed by atoms with Gasteiger partial charge in [0.25, 0.3) is 0 Å². The minimum Gasteiger partial charge on any atom is -0.459 e. The van der Waals surface area contributed by atoms with Gasteiger partial charge in [-0.15, -0.1) is 0 Å². The SMILES string of the molecule is CC(C)(C)OC(=O)[C@@H](N)CCCCCCCCCCCN. The fraction of sp³-hybridized carbons (Fsp3) is 0.941. The number of carbonyl (C=O) groups excluding carboxylic acids is 1. The average Bonchev–Trinajstić information content (AvgIpc) is 2.38. The second-order valence-electron chi connectivity index (χ2n) is 6.90. The van der Waals surface area contributed by atoms with Crippen LogP contribution in [-0.4, -0.2) is 24.2 Å². The molecule has 0 aromatic heterocycles. The summed E-state index contributed by atoms with van der Waals surface area (Å²) in [6.07, 6.45) is 11.8. The lowest BCUT2D eigenvalue weighted by molar-refractivity contribution is -0.156. The van der Waals surface area contributed by atoms with Crippen LogP contribution in [0.5, 0.6) is 0 Å². The van der Waals surface area contributed by atoms with Crippen LogP contribution in [0.1, 0.15) is 85.0 Å². The van der Waals surface area contributed by atoms with E-state index in [0.717, 1.165) is 32.2 Å². The molecular weight excluding hydrogens is 264 g/mol. The standard InChI is InChI=1S/C17H36N2O2/c1-17(2,3)21-16(20)15(19)13-11-9-7-5-4-6-8-10-12-14-18/h15H,4-14,18-19H2,1-3H3/t15-/m0/s1. The topological polar surface area (TPSA) is 78.3 Å². The maximum absolute atomic E-state index is 11.7. The lowest BCUT2D eigenvalue weighted by atomic mass is 10.0. The van der Waals surface area contributed by atoms with Crippen molar-refractivity contribution in [3.63, 3.8) is 0 Å². The number of esters is 1. The van der Waals surface area contributed by atoms with Crippen LogP contribution in [0.4, 0.5) is 0 Å². The van der Waals surface area contributed by atoms with Gasteiger partial charge in [-0.25, -0.2) is 0 Å². The van der Waals surface area contributed by atoms with Crippen molar-refractivity contribution in [2.24, 2.45) is 11.5 Å². The number of carbonyl (C=O) groups is 1. The van der Waals surface area contributed by atoms with Crippen LogP contribution in [0.25, 0.3) is 0 Å². The van der Waals surface area contributed by atoms with Gasteiger partial charge >= 0.3 is 5.97 Å². The van der Waals surface area contributed by atoms with E-state index in [1.807, 2.05) is 20.8 Å². The Kier molecular flexibility index (Phi) is 11.6. The fourth-order valence-electron chi connectivity index (χ4n) is 2.24. The third kappa shape index (κ3) is 14.1. The van der Waals surface area contributed by atoms with Crippen molar-refractivity contribution in [1.29, 1.82) is 0 Å². The normalized spacial score (nSPS) is 13.2. The average molecular weight is 300 g/mol. The molecule has 0 aliphatic carbocycles. The lowest BCUT2D eigenvalue weighted by Crippen LogP contribution is -2.37. The molecule has 1 atom stereocenters. The molecule has 0 amide bonds. The molecule has 0 unspecified atom stereocenters. The van der Waals surface area contributed by atoms with E-state index in [-0.39, 0.29) is 5.97 Å². The summed E-state index contributed by atoms with van der Waals surface area (Å²) in [5.74, 6) is -0.276. The monoisotopic (exact) mass is 300 g/mol. The Bertz CT molecular complexity index is 262. The summed E-state index contributed by atoms with van der Waals surface area (Å²) < 4.78 is 5.27. The van der Waals surface area contributed by atoms with Gasteiger partial charge in [-0.3, -0.25) is 4.79 Å². The summed E-state index contributed by atoms with van der Waals surface area (Å²) in [6, 6.07) is -0.472. The Balaban J connectivity index is 3.40. The van der Waals surface area contributed by atoms with E-state index in [4.69, 9.17) is 16.2 Å². The van der Waals surface area contributed by atoms with E-state index in [1.54, 1.807) is 0 Å². The van der Waals surface area contributed by atoms with E-state index >= 15 is 0 Å². The Labute approximate surface area is 131 Å². The van der Waals surface area contributed by atoms with Crippen molar-refractivity contribution >= 4 is 5.97 Å². The van der Waals surface area contributed by atoms with E-state index in [9.17, 15) is 4.79 Å². The predicted molar refractivity (Wildman–Crippen MR) is 89.0 cm³/mol. The molecule has 0 heterocycles. The quantitative estimate of drug-likeness (QED) is 0.427. The molecule has 0 aromatic carbocycles.